The molecule has 1 aliphatic carbocycles. The predicted molar refractivity (Wildman–Crippen MR) is 112 cm³/mol. The highest BCUT2D eigenvalue weighted by atomic mass is 16.5. The van der Waals surface area contributed by atoms with Gasteiger partial charge < -0.3 is 9.64 Å². The first-order chi connectivity index (χ1) is 13.1. The van der Waals surface area contributed by atoms with Crippen molar-refractivity contribution in [3.05, 3.63) is 35.9 Å². The summed E-state index contributed by atoms with van der Waals surface area (Å²) in [6.45, 7) is 14.3. The second kappa shape index (κ2) is 8.63. The first-order valence-electron chi connectivity index (χ1n) is 11.2. The molecule has 1 aromatic carbocycles. The molecule has 27 heavy (non-hydrogen) atoms. The molecular formula is C24H38N2O. The summed E-state index contributed by atoms with van der Waals surface area (Å²) in [6, 6.07) is 11.1. The van der Waals surface area contributed by atoms with Crippen molar-refractivity contribution in [3.8, 4) is 0 Å². The van der Waals surface area contributed by atoms with Crippen molar-refractivity contribution in [2.75, 3.05) is 52.5 Å². The average Bonchev–Trinajstić information content (AvgIpc) is 2.72. The number of morpholine rings is 1. The van der Waals surface area contributed by atoms with Gasteiger partial charge in [-0.15, -0.1) is 0 Å². The number of hydrogen-bond acceptors (Lipinski definition) is 3. The summed E-state index contributed by atoms with van der Waals surface area (Å²) in [7, 11) is 0. The topological polar surface area (TPSA) is 15.7 Å². The van der Waals surface area contributed by atoms with Crippen LogP contribution in [-0.2, 0) is 4.74 Å². The minimum atomic E-state index is 0.515. The van der Waals surface area contributed by atoms with E-state index in [4.69, 9.17) is 4.74 Å². The minimum Gasteiger partial charge on any atom is -0.379 e. The van der Waals surface area contributed by atoms with Gasteiger partial charge in [-0.05, 0) is 74.0 Å². The van der Waals surface area contributed by atoms with Crippen molar-refractivity contribution in [1.82, 2.24) is 9.80 Å². The van der Waals surface area contributed by atoms with E-state index >= 15 is 0 Å². The Morgan fingerprint density at radius 2 is 1.63 bits per heavy atom. The molecule has 0 N–H and O–H groups in total. The fourth-order valence-corrected chi connectivity index (χ4v) is 5.57. The maximum atomic E-state index is 5.50. The maximum Gasteiger partial charge on any atom is 0.0594 e. The lowest BCUT2D eigenvalue weighted by atomic mass is 9.53. The minimum absolute atomic E-state index is 0.515. The Hall–Kier alpha value is -0.900. The van der Waals surface area contributed by atoms with E-state index in [0.29, 0.717) is 5.41 Å². The fraction of sp³-hybridized carbons (Fsp3) is 0.750. The van der Waals surface area contributed by atoms with Gasteiger partial charge in [0.25, 0.3) is 0 Å². The number of ether oxygens (including phenoxy) is 1. The van der Waals surface area contributed by atoms with Crippen molar-refractivity contribution >= 4 is 0 Å². The molecular weight excluding hydrogens is 332 g/mol. The van der Waals surface area contributed by atoms with Gasteiger partial charge in [0.2, 0.25) is 0 Å². The number of rotatable bonds is 6. The molecule has 0 radical (unpaired) electrons. The largest absolute Gasteiger partial charge is 0.379 e. The van der Waals surface area contributed by atoms with Gasteiger partial charge in [0, 0.05) is 19.6 Å². The highest BCUT2D eigenvalue weighted by Gasteiger charge is 2.47. The molecule has 3 aliphatic rings. The zero-order valence-corrected chi connectivity index (χ0v) is 17.4. The van der Waals surface area contributed by atoms with E-state index in [1.165, 1.54) is 51.9 Å². The van der Waals surface area contributed by atoms with Crippen molar-refractivity contribution < 1.29 is 4.74 Å². The number of hydrogen-bond donors (Lipinski definition) is 0. The Labute approximate surface area is 166 Å². The van der Waals surface area contributed by atoms with Gasteiger partial charge in [-0.1, -0.05) is 44.2 Å². The van der Waals surface area contributed by atoms with E-state index in [1.807, 2.05) is 0 Å². The summed E-state index contributed by atoms with van der Waals surface area (Å²) >= 11 is 0. The van der Waals surface area contributed by atoms with E-state index in [-0.39, 0.29) is 0 Å². The Kier molecular flexibility index (Phi) is 6.21. The third kappa shape index (κ3) is 4.58. The molecule has 2 aliphatic heterocycles. The fourth-order valence-electron chi connectivity index (χ4n) is 5.57. The van der Waals surface area contributed by atoms with Gasteiger partial charge in [0.15, 0.2) is 0 Å². The number of benzene rings is 1. The van der Waals surface area contributed by atoms with Crippen LogP contribution in [0.4, 0.5) is 0 Å². The zero-order chi connectivity index (χ0) is 18.7. The molecule has 3 heteroatoms. The highest BCUT2D eigenvalue weighted by molar-refractivity contribution is 5.20. The Morgan fingerprint density at radius 3 is 2.30 bits per heavy atom. The van der Waals surface area contributed by atoms with Crippen molar-refractivity contribution in [3.63, 3.8) is 0 Å². The Bertz CT molecular complexity index is 573. The summed E-state index contributed by atoms with van der Waals surface area (Å²) in [5.74, 6) is 2.57. The van der Waals surface area contributed by atoms with Crippen LogP contribution in [0.1, 0.15) is 51.0 Å². The van der Waals surface area contributed by atoms with E-state index in [0.717, 1.165) is 44.1 Å². The summed E-state index contributed by atoms with van der Waals surface area (Å²) in [5, 5.41) is 0. The maximum absolute atomic E-state index is 5.50. The van der Waals surface area contributed by atoms with Crippen molar-refractivity contribution in [1.29, 1.82) is 0 Å². The number of piperidine rings is 1. The SMILES string of the molecule is CC1(C)[C@@H](CCN2CCC(c3ccccc3)CC2)C[C@H]1CN1CCOCC1. The third-order valence-electron chi connectivity index (χ3n) is 7.91. The quantitative estimate of drug-likeness (QED) is 0.744. The molecule has 0 unspecified atom stereocenters. The van der Waals surface area contributed by atoms with Crippen LogP contribution in [0.15, 0.2) is 30.3 Å². The summed E-state index contributed by atoms with van der Waals surface area (Å²) in [6.07, 6.45) is 5.49. The number of nitrogens with zero attached hydrogens (tertiary/aromatic N) is 2. The van der Waals surface area contributed by atoms with Crippen LogP contribution in [0.5, 0.6) is 0 Å². The van der Waals surface area contributed by atoms with Gasteiger partial charge in [0.05, 0.1) is 13.2 Å². The molecule has 4 rings (SSSR count). The van der Waals surface area contributed by atoms with Crippen molar-refractivity contribution in [2.24, 2.45) is 17.3 Å². The normalized spacial score (nSPS) is 30.1. The monoisotopic (exact) mass is 370 g/mol. The van der Waals surface area contributed by atoms with Crippen LogP contribution in [0.2, 0.25) is 0 Å². The van der Waals surface area contributed by atoms with E-state index in [9.17, 15) is 0 Å². The van der Waals surface area contributed by atoms with Gasteiger partial charge >= 0.3 is 0 Å². The lowest BCUT2D eigenvalue weighted by molar-refractivity contribution is -0.0632. The highest BCUT2D eigenvalue weighted by Crippen LogP contribution is 2.53. The van der Waals surface area contributed by atoms with Gasteiger partial charge in [-0.2, -0.15) is 0 Å². The van der Waals surface area contributed by atoms with E-state index in [1.54, 1.807) is 5.56 Å². The number of likely N-dealkylation sites (tertiary alicyclic amines) is 1. The molecule has 2 saturated heterocycles. The van der Waals surface area contributed by atoms with Gasteiger partial charge in [0.1, 0.15) is 0 Å². The lowest BCUT2D eigenvalue weighted by Gasteiger charge is -2.54. The zero-order valence-electron chi connectivity index (χ0n) is 17.4. The second-order valence-electron chi connectivity index (χ2n) is 9.68. The molecule has 1 saturated carbocycles. The molecule has 3 fully saturated rings. The molecule has 150 valence electrons. The van der Waals surface area contributed by atoms with Crippen LogP contribution in [0.25, 0.3) is 0 Å². The molecule has 2 atom stereocenters. The van der Waals surface area contributed by atoms with Crippen LogP contribution in [0, 0.1) is 17.3 Å². The van der Waals surface area contributed by atoms with E-state index < -0.39 is 0 Å². The smallest absolute Gasteiger partial charge is 0.0594 e. The van der Waals surface area contributed by atoms with Crippen LogP contribution >= 0.6 is 0 Å². The van der Waals surface area contributed by atoms with E-state index in [2.05, 4.69) is 54.0 Å². The summed E-state index contributed by atoms with van der Waals surface area (Å²) in [4.78, 5) is 5.35. The van der Waals surface area contributed by atoms with Crippen LogP contribution < -0.4 is 0 Å². The third-order valence-corrected chi connectivity index (χ3v) is 7.91. The van der Waals surface area contributed by atoms with Gasteiger partial charge in [-0.25, -0.2) is 0 Å². The van der Waals surface area contributed by atoms with Crippen LogP contribution in [0.3, 0.4) is 0 Å². The Balaban J connectivity index is 1.18. The van der Waals surface area contributed by atoms with Crippen LogP contribution in [-0.4, -0.2) is 62.3 Å². The Morgan fingerprint density at radius 1 is 0.926 bits per heavy atom. The first-order valence-corrected chi connectivity index (χ1v) is 11.2. The molecule has 0 bridgehead atoms. The summed E-state index contributed by atoms with van der Waals surface area (Å²) in [5.41, 5.74) is 2.06. The first kappa shape index (κ1) is 19.4. The average molecular weight is 371 g/mol. The molecule has 1 aromatic rings. The summed E-state index contributed by atoms with van der Waals surface area (Å²) < 4.78 is 5.50. The molecule has 0 aromatic heterocycles. The second-order valence-corrected chi connectivity index (χ2v) is 9.68. The lowest BCUT2D eigenvalue weighted by Crippen LogP contribution is -2.52. The molecule has 0 amide bonds. The molecule has 0 spiro atoms. The van der Waals surface area contributed by atoms with Crippen molar-refractivity contribution in [2.45, 2.75) is 45.4 Å². The molecule has 3 nitrogen and oxygen atoms in total. The predicted octanol–water partition coefficient (Wildman–Crippen LogP) is 4.25. The van der Waals surface area contributed by atoms with Gasteiger partial charge in [-0.3, -0.25) is 4.90 Å². The molecule has 2 heterocycles. The standard InChI is InChI=1S/C24H38N2O/c1-24(2)22(18-23(24)19-26-14-16-27-17-15-26)10-13-25-11-8-21(9-12-25)20-6-4-3-5-7-20/h3-7,21-23H,8-19H2,1-2H3/t22-,23-/m0/s1.